The lowest BCUT2D eigenvalue weighted by Crippen LogP contribution is -2.43. The van der Waals surface area contributed by atoms with Gasteiger partial charge in [-0.15, -0.1) is 0 Å². The molecule has 4 nitrogen and oxygen atoms in total. The Balaban J connectivity index is 1.42. The molecule has 25 heavy (non-hydrogen) atoms. The van der Waals surface area contributed by atoms with Gasteiger partial charge in [0.2, 0.25) is 0 Å². The number of nitrogens with one attached hydrogen (secondary N) is 1. The number of ether oxygens (including phenoxy) is 1. The van der Waals surface area contributed by atoms with Crippen LogP contribution in [0, 0.1) is 0 Å². The third kappa shape index (κ3) is 3.16. The number of esters is 1. The van der Waals surface area contributed by atoms with Gasteiger partial charge in [0.25, 0.3) is 5.91 Å². The molecular weight excluding hydrogens is 314 g/mol. The highest BCUT2D eigenvalue weighted by atomic mass is 16.5. The second-order valence-electron chi connectivity index (χ2n) is 6.79. The first-order chi connectivity index (χ1) is 12.2. The number of carbonyl (C=O) groups excluding carboxylic acids is 2. The predicted molar refractivity (Wildman–Crippen MR) is 94.5 cm³/mol. The molecule has 0 aromatic heterocycles. The van der Waals surface area contributed by atoms with E-state index in [0.717, 1.165) is 24.8 Å². The minimum Gasteiger partial charge on any atom is -0.448 e. The van der Waals surface area contributed by atoms with E-state index in [2.05, 4.69) is 29.6 Å². The van der Waals surface area contributed by atoms with E-state index in [0.29, 0.717) is 24.4 Å². The summed E-state index contributed by atoms with van der Waals surface area (Å²) in [6.45, 7) is 0.589. The average Bonchev–Trinajstić information content (AvgIpc) is 2.66. The van der Waals surface area contributed by atoms with E-state index in [9.17, 15) is 9.59 Å². The molecule has 0 radical (unpaired) electrons. The lowest BCUT2D eigenvalue weighted by molar-refractivity contribution is -0.130. The van der Waals surface area contributed by atoms with Crippen molar-refractivity contribution in [1.82, 2.24) is 5.32 Å². The van der Waals surface area contributed by atoms with Crippen molar-refractivity contribution in [3.63, 3.8) is 0 Å². The van der Waals surface area contributed by atoms with Crippen LogP contribution in [0.25, 0.3) is 0 Å². The number of hydrogen-bond acceptors (Lipinski definition) is 3. The number of fused-ring (bicyclic) bond motifs is 2. The number of benzene rings is 2. The fourth-order valence-electron chi connectivity index (χ4n) is 3.88. The Morgan fingerprint density at radius 3 is 2.72 bits per heavy atom. The standard InChI is InChI=1S/C21H21NO3/c23-20(19-12-15-7-2-4-11-18(15)21(24)25-19)22-13-16-9-5-8-14-6-1-3-10-17(14)16/h1-4,6-7,10-11,16,19H,5,8-9,12-13H2,(H,22,23)/t16-,19+/m0/s1. The molecule has 0 saturated heterocycles. The first-order valence-corrected chi connectivity index (χ1v) is 8.87. The van der Waals surface area contributed by atoms with Crippen LogP contribution in [0.2, 0.25) is 0 Å². The van der Waals surface area contributed by atoms with Gasteiger partial charge in [-0.3, -0.25) is 4.79 Å². The molecule has 4 rings (SSSR count). The number of hydrogen-bond donors (Lipinski definition) is 1. The smallest absolute Gasteiger partial charge is 0.339 e. The Labute approximate surface area is 147 Å². The Hall–Kier alpha value is -2.62. The first kappa shape index (κ1) is 15.9. The van der Waals surface area contributed by atoms with Gasteiger partial charge in [0.1, 0.15) is 0 Å². The number of rotatable bonds is 3. The van der Waals surface area contributed by atoms with Gasteiger partial charge >= 0.3 is 5.97 Å². The van der Waals surface area contributed by atoms with Crippen LogP contribution in [0.3, 0.4) is 0 Å². The normalized spacial score (nSPS) is 21.7. The molecule has 0 saturated carbocycles. The molecule has 0 unspecified atom stereocenters. The van der Waals surface area contributed by atoms with Gasteiger partial charge in [-0.1, -0.05) is 42.5 Å². The number of aryl methyl sites for hydroxylation is 1. The van der Waals surface area contributed by atoms with Gasteiger partial charge in [-0.05, 0) is 42.0 Å². The maximum atomic E-state index is 12.5. The number of cyclic esters (lactones) is 1. The molecule has 2 aromatic carbocycles. The highest BCUT2D eigenvalue weighted by molar-refractivity contribution is 5.95. The molecule has 1 aliphatic carbocycles. The maximum Gasteiger partial charge on any atom is 0.339 e. The fraction of sp³-hybridized carbons (Fsp3) is 0.333. The summed E-state index contributed by atoms with van der Waals surface area (Å²) < 4.78 is 5.33. The van der Waals surface area contributed by atoms with E-state index >= 15 is 0 Å². The average molecular weight is 335 g/mol. The summed E-state index contributed by atoms with van der Waals surface area (Å²) in [5.41, 5.74) is 4.15. The summed E-state index contributed by atoms with van der Waals surface area (Å²) in [4.78, 5) is 24.6. The highest BCUT2D eigenvalue weighted by Crippen LogP contribution is 2.31. The second-order valence-corrected chi connectivity index (χ2v) is 6.79. The van der Waals surface area contributed by atoms with Crippen molar-refractivity contribution < 1.29 is 14.3 Å². The molecule has 2 aliphatic rings. The predicted octanol–water partition coefficient (Wildman–Crippen LogP) is 3.00. The zero-order valence-electron chi connectivity index (χ0n) is 14.0. The van der Waals surface area contributed by atoms with Crippen molar-refractivity contribution in [3.8, 4) is 0 Å². The zero-order valence-corrected chi connectivity index (χ0v) is 14.0. The molecule has 0 bridgehead atoms. The van der Waals surface area contributed by atoms with Gasteiger partial charge in [0.05, 0.1) is 5.56 Å². The fourth-order valence-corrected chi connectivity index (χ4v) is 3.88. The van der Waals surface area contributed by atoms with Crippen LogP contribution in [0.5, 0.6) is 0 Å². The van der Waals surface area contributed by atoms with Crippen LogP contribution in [-0.2, 0) is 22.4 Å². The van der Waals surface area contributed by atoms with E-state index in [-0.39, 0.29) is 5.91 Å². The Kier molecular flexibility index (Phi) is 4.26. The lowest BCUT2D eigenvalue weighted by atomic mass is 9.83. The molecule has 2 atom stereocenters. The van der Waals surface area contributed by atoms with E-state index in [1.165, 1.54) is 11.1 Å². The third-order valence-electron chi connectivity index (χ3n) is 5.20. The van der Waals surface area contributed by atoms with Crippen LogP contribution in [0.4, 0.5) is 0 Å². The Morgan fingerprint density at radius 2 is 1.84 bits per heavy atom. The minimum absolute atomic E-state index is 0.203. The molecule has 0 fully saturated rings. The molecule has 128 valence electrons. The van der Waals surface area contributed by atoms with Gasteiger partial charge in [0.15, 0.2) is 6.10 Å². The van der Waals surface area contributed by atoms with E-state index in [1.54, 1.807) is 12.1 Å². The van der Waals surface area contributed by atoms with Crippen LogP contribution in [0.15, 0.2) is 48.5 Å². The summed E-state index contributed by atoms with van der Waals surface area (Å²) in [6, 6.07) is 15.8. The van der Waals surface area contributed by atoms with E-state index in [1.807, 2.05) is 12.1 Å². The van der Waals surface area contributed by atoms with Gasteiger partial charge in [0, 0.05) is 18.9 Å². The van der Waals surface area contributed by atoms with Crippen molar-refractivity contribution in [3.05, 3.63) is 70.8 Å². The first-order valence-electron chi connectivity index (χ1n) is 8.87. The molecule has 0 spiro atoms. The minimum atomic E-state index is -0.735. The molecule has 1 aliphatic heterocycles. The lowest BCUT2D eigenvalue weighted by Gasteiger charge is -2.27. The molecule has 1 amide bonds. The highest BCUT2D eigenvalue weighted by Gasteiger charge is 2.31. The Morgan fingerprint density at radius 1 is 1.08 bits per heavy atom. The van der Waals surface area contributed by atoms with E-state index < -0.39 is 12.1 Å². The molecule has 2 aromatic rings. The van der Waals surface area contributed by atoms with Crippen LogP contribution >= 0.6 is 0 Å². The third-order valence-corrected chi connectivity index (χ3v) is 5.20. The van der Waals surface area contributed by atoms with Crippen molar-refractivity contribution in [2.45, 2.75) is 37.7 Å². The van der Waals surface area contributed by atoms with Gasteiger partial charge in [-0.2, -0.15) is 0 Å². The Bertz CT molecular complexity index is 814. The summed E-state index contributed by atoms with van der Waals surface area (Å²) >= 11 is 0. The van der Waals surface area contributed by atoms with E-state index in [4.69, 9.17) is 4.74 Å². The van der Waals surface area contributed by atoms with Gasteiger partial charge in [-0.25, -0.2) is 4.79 Å². The van der Waals surface area contributed by atoms with Gasteiger partial charge < -0.3 is 10.1 Å². The van der Waals surface area contributed by atoms with Crippen LogP contribution < -0.4 is 5.32 Å². The molecular formula is C21H21NO3. The van der Waals surface area contributed by atoms with Crippen molar-refractivity contribution in [1.29, 1.82) is 0 Å². The second kappa shape index (κ2) is 6.71. The number of carbonyl (C=O) groups is 2. The summed E-state index contributed by atoms with van der Waals surface area (Å²) in [5.74, 6) is -0.281. The molecule has 1 heterocycles. The number of amides is 1. The zero-order chi connectivity index (χ0) is 17.2. The quantitative estimate of drug-likeness (QED) is 0.877. The van der Waals surface area contributed by atoms with Crippen LogP contribution in [-0.4, -0.2) is 24.5 Å². The molecule has 1 N–H and O–H groups in total. The SMILES string of the molecule is O=C1O[C@@H](C(=O)NC[C@@H]2CCCc3ccccc32)Cc2ccccc21. The van der Waals surface area contributed by atoms with Crippen molar-refractivity contribution >= 4 is 11.9 Å². The van der Waals surface area contributed by atoms with Crippen molar-refractivity contribution in [2.75, 3.05) is 6.54 Å². The largest absolute Gasteiger partial charge is 0.448 e. The van der Waals surface area contributed by atoms with Crippen LogP contribution in [0.1, 0.15) is 45.8 Å². The summed E-state index contributed by atoms with van der Waals surface area (Å²) in [6.07, 6.45) is 3.03. The molecule has 4 heteroatoms. The summed E-state index contributed by atoms with van der Waals surface area (Å²) in [5, 5.41) is 3.00. The topological polar surface area (TPSA) is 55.4 Å². The maximum absolute atomic E-state index is 12.5. The van der Waals surface area contributed by atoms with Crippen molar-refractivity contribution in [2.24, 2.45) is 0 Å². The monoisotopic (exact) mass is 335 g/mol. The summed E-state index contributed by atoms with van der Waals surface area (Å²) in [7, 11) is 0.